The number of hydrogen-bond acceptors (Lipinski definition) is 3. The van der Waals surface area contributed by atoms with Crippen LogP contribution in [0.2, 0.25) is 0 Å². The molecule has 6 nitrogen and oxygen atoms in total. The summed E-state index contributed by atoms with van der Waals surface area (Å²) in [6.45, 7) is 6.52. The van der Waals surface area contributed by atoms with Crippen molar-refractivity contribution in [3.05, 3.63) is 35.9 Å². The first-order valence-electron chi connectivity index (χ1n) is 8.10. The van der Waals surface area contributed by atoms with Crippen LogP contribution in [0.25, 0.3) is 0 Å². The Morgan fingerprint density at radius 1 is 0.875 bits per heavy atom. The van der Waals surface area contributed by atoms with Gasteiger partial charge >= 0.3 is 0 Å². The Bertz CT molecular complexity index is 550. The van der Waals surface area contributed by atoms with Crippen LogP contribution in [0.3, 0.4) is 0 Å². The van der Waals surface area contributed by atoms with Crippen LogP contribution in [0.4, 0.5) is 0 Å². The minimum absolute atomic E-state index is 0.0689. The monoisotopic (exact) mass is 333 g/mol. The van der Waals surface area contributed by atoms with Gasteiger partial charge in [-0.25, -0.2) is 0 Å². The van der Waals surface area contributed by atoms with Gasteiger partial charge in [-0.3, -0.25) is 14.4 Å². The lowest BCUT2D eigenvalue weighted by atomic mass is 9.92. The first-order valence-corrected chi connectivity index (χ1v) is 8.10. The average Bonchev–Trinajstić information content (AvgIpc) is 2.50. The normalized spacial score (nSPS) is 10.8. The first-order chi connectivity index (χ1) is 11.3. The van der Waals surface area contributed by atoms with Crippen LogP contribution < -0.4 is 16.0 Å². The van der Waals surface area contributed by atoms with Crippen molar-refractivity contribution in [1.29, 1.82) is 0 Å². The lowest BCUT2D eigenvalue weighted by molar-refractivity contribution is -0.127. The van der Waals surface area contributed by atoms with E-state index in [1.807, 2.05) is 51.1 Å². The van der Waals surface area contributed by atoms with Crippen molar-refractivity contribution in [3.63, 3.8) is 0 Å². The molecule has 0 aliphatic heterocycles. The molecule has 0 aromatic heterocycles. The van der Waals surface area contributed by atoms with Gasteiger partial charge in [-0.15, -0.1) is 0 Å². The van der Waals surface area contributed by atoms with E-state index in [4.69, 9.17) is 0 Å². The summed E-state index contributed by atoms with van der Waals surface area (Å²) in [5, 5.41) is 7.98. The Balaban J connectivity index is 2.12. The van der Waals surface area contributed by atoms with Gasteiger partial charge in [0, 0.05) is 25.9 Å². The molecular formula is C18H27N3O3. The highest BCUT2D eigenvalue weighted by molar-refractivity contribution is 5.85. The molecule has 3 N–H and O–H groups in total. The second kappa shape index (κ2) is 9.70. The van der Waals surface area contributed by atoms with Gasteiger partial charge in [0.25, 0.3) is 0 Å². The van der Waals surface area contributed by atoms with Crippen molar-refractivity contribution in [2.75, 3.05) is 13.1 Å². The molecule has 0 radical (unpaired) electrons. The summed E-state index contributed by atoms with van der Waals surface area (Å²) in [5.41, 5.74) is 0.911. The Morgan fingerprint density at radius 3 is 2.17 bits per heavy atom. The molecule has 6 heteroatoms. The number of carbonyl (C=O) groups is 3. The molecule has 0 saturated heterocycles. The molecule has 3 amide bonds. The zero-order valence-corrected chi connectivity index (χ0v) is 14.6. The molecule has 24 heavy (non-hydrogen) atoms. The van der Waals surface area contributed by atoms with Crippen LogP contribution in [0.5, 0.6) is 0 Å². The Hall–Kier alpha value is -2.37. The largest absolute Gasteiger partial charge is 0.354 e. The fourth-order valence-electron chi connectivity index (χ4n) is 1.99. The highest BCUT2D eigenvalue weighted by Crippen LogP contribution is 2.17. The summed E-state index contributed by atoms with van der Waals surface area (Å²) >= 11 is 0. The first kappa shape index (κ1) is 19.7. The predicted octanol–water partition coefficient (Wildman–Crippen LogP) is 1.36. The summed E-state index contributed by atoms with van der Waals surface area (Å²) in [4.78, 5) is 34.9. The van der Waals surface area contributed by atoms with E-state index in [0.29, 0.717) is 13.0 Å². The summed E-state index contributed by atoms with van der Waals surface area (Å²) in [6.07, 6.45) is 0.566. The van der Waals surface area contributed by atoms with Gasteiger partial charge in [-0.2, -0.15) is 0 Å². The van der Waals surface area contributed by atoms with Crippen molar-refractivity contribution in [1.82, 2.24) is 16.0 Å². The van der Waals surface area contributed by atoms with E-state index in [1.54, 1.807) is 0 Å². The molecule has 0 heterocycles. The molecule has 0 fully saturated rings. The van der Waals surface area contributed by atoms with Gasteiger partial charge in [0.2, 0.25) is 17.7 Å². The smallest absolute Gasteiger partial charge is 0.239 e. The molecule has 0 aliphatic rings. The second-order valence-corrected chi connectivity index (χ2v) is 6.88. The van der Waals surface area contributed by atoms with E-state index in [9.17, 15) is 14.4 Å². The third-order valence-electron chi connectivity index (χ3n) is 3.14. The van der Waals surface area contributed by atoms with Crippen molar-refractivity contribution in [2.24, 2.45) is 5.41 Å². The molecular weight excluding hydrogens is 306 g/mol. The maximum absolute atomic E-state index is 11.7. The number of hydrogen-bond donors (Lipinski definition) is 3. The summed E-state index contributed by atoms with van der Waals surface area (Å²) < 4.78 is 0. The Labute approximate surface area is 143 Å². The third kappa shape index (κ3) is 9.61. The van der Waals surface area contributed by atoms with Gasteiger partial charge in [-0.05, 0) is 11.0 Å². The molecule has 1 rings (SSSR count). The average molecular weight is 333 g/mol. The van der Waals surface area contributed by atoms with Crippen LogP contribution in [-0.4, -0.2) is 30.8 Å². The van der Waals surface area contributed by atoms with E-state index >= 15 is 0 Å². The SMILES string of the molecule is CC(C)(C)CC(=O)NCC(=O)NCCC(=O)NCc1ccccc1. The van der Waals surface area contributed by atoms with Crippen LogP contribution in [0.1, 0.15) is 39.2 Å². The molecule has 0 bridgehead atoms. The maximum atomic E-state index is 11.7. The fraction of sp³-hybridized carbons (Fsp3) is 0.500. The van der Waals surface area contributed by atoms with E-state index in [-0.39, 0.29) is 42.6 Å². The van der Waals surface area contributed by atoms with Crippen molar-refractivity contribution < 1.29 is 14.4 Å². The molecule has 1 aromatic carbocycles. The highest BCUT2D eigenvalue weighted by Gasteiger charge is 2.16. The lowest BCUT2D eigenvalue weighted by Gasteiger charge is -2.17. The van der Waals surface area contributed by atoms with Crippen LogP contribution in [0.15, 0.2) is 30.3 Å². The fourth-order valence-corrected chi connectivity index (χ4v) is 1.99. The predicted molar refractivity (Wildman–Crippen MR) is 93.0 cm³/mol. The van der Waals surface area contributed by atoms with E-state index in [2.05, 4.69) is 16.0 Å². The zero-order chi connectivity index (χ0) is 18.0. The third-order valence-corrected chi connectivity index (χ3v) is 3.14. The van der Waals surface area contributed by atoms with E-state index in [1.165, 1.54) is 0 Å². The van der Waals surface area contributed by atoms with Crippen LogP contribution in [-0.2, 0) is 20.9 Å². The van der Waals surface area contributed by atoms with Gasteiger partial charge in [0.1, 0.15) is 0 Å². The minimum atomic E-state index is -0.298. The molecule has 0 atom stereocenters. The van der Waals surface area contributed by atoms with Crippen molar-refractivity contribution >= 4 is 17.7 Å². The maximum Gasteiger partial charge on any atom is 0.239 e. The number of benzene rings is 1. The molecule has 0 saturated carbocycles. The summed E-state index contributed by atoms with van der Waals surface area (Å²) in [6, 6.07) is 9.61. The highest BCUT2D eigenvalue weighted by atomic mass is 16.2. The topological polar surface area (TPSA) is 87.3 Å². The van der Waals surface area contributed by atoms with Gasteiger partial charge in [0.15, 0.2) is 0 Å². The molecule has 0 aliphatic carbocycles. The lowest BCUT2D eigenvalue weighted by Crippen LogP contribution is -2.39. The molecule has 132 valence electrons. The van der Waals surface area contributed by atoms with Crippen LogP contribution >= 0.6 is 0 Å². The van der Waals surface area contributed by atoms with Crippen molar-refractivity contribution in [2.45, 2.75) is 40.2 Å². The van der Waals surface area contributed by atoms with Gasteiger partial charge in [-0.1, -0.05) is 51.1 Å². The molecule has 0 spiro atoms. The second-order valence-electron chi connectivity index (χ2n) is 6.88. The Kier molecular flexibility index (Phi) is 7.95. The number of nitrogens with one attached hydrogen (secondary N) is 3. The van der Waals surface area contributed by atoms with Gasteiger partial charge < -0.3 is 16.0 Å². The summed E-state index contributed by atoms with van der Waals surface area (Å²) in [7, 11) is 0. The van der Waals surface area contributed by atoms with Crippen LogP contribution in [0, 0.1) is 5.41 Å². The van der Waals surface area contributed by atoms with Crippen molar-refractivity contribution in [3.8, 4) is 0 Å². The number of amides is 3. The quantitative estimate of drug-likeness (QED) is 0.671. The Morgan fingerprint density at radius 2 is 1.54 bits per heavy atom. The number of carbonyl (C=O) groups excluding carboxylic acids is 3. The van der Waals surface area contributed by atoms with E-state index in [0.717, 1.165) is 5.56 Å². The standard InChI is InChI=1S/C18H27N3O3/c1-18(2,3)11-16(23)21-13-17(24)19-10-9-15(22)20-12-14-7-5-4-6-8-14/h4-8H,9-13H2,1-3H3,(H,19,24)(H,20,22)(H,21,23). The number of rotatable bonds is 8. The van der Waals surface area contributed by atoms with Gasteiger partial charge in [0.05, 0.1) is 6.54 Å². The zero-order valence-electron chi connectivity index (χ0n) is 14.6. The summed E-state index contributed by atoms with van der Waals surface area (Å²) in [5.74, 6) is -0.581. The molecule has 0 unspecified atom stereocenters. The minimum Gasteiger partial charge on any atom is -0.354 e. The molecule has 1 aromatic rings. The van der Waals surface area contributed by atoms with E-state index < -0.39 is 0 Å².